The SMILES string of the molecule is C=CCc1cc(/C=C/C(=O)c2ccc(O)cc2)c(OC)cc1O. The molecule has 0 aliphatic rings. The third-order valence-electron chi connectivity index (χ3n) is 3.36. The van der Waals surface area contributed by atoms with Gasteiger partial charge in [0.25, 0.3) is 0 Å². The molecule has 2 rings (SSSR count). The summed E-state index contributed by atoms with van der Waals surface area (Å²) < 4.78 is 5.23. The zero-order valence-corrected chi connectivity index (χ0v) is 12.8. The number of hydrogen-bond acceptors (Lipinski definition) is 4. The van der Waals surface area contributed by atoms with Crippen molar-refractivity contribution in [1.82, 2.24) is 0 Å². The summed E-state index contributed by atoms with van der Waals surface area (Å²) in [5.41, 5.74) is 1.87. The maximum absolute atomic E-state index is 12.1. The molecule has 2 aromatic carbocycles. The fourth-order valence-electron chi connectivity index (χ4n) is 2.15. The lowest BCUT2D eigenvalue weighted by atomic mass is 10.0. The van der Waals surface area contributed by atoms with E-state index in [0.29, 0.717) is 28.9 Å². The van der Waals surface area contributed by atoms with Crippen molar-refractivity contribution in [1.29, 1.82) is 0 Å². The second-order valence-corrected chi connectivity index (χ2v) is 4.96. The zero-order chi connectivity index (χ0) is 16.8. The highest BCUT2D eigenvalue weighted by atomic mass is 16.5. The third-order valence-corrected chi connectivity index (χ3v) is 3.36. The molecule has 0 aliphatic heterocycles. The monoisotopic (exact) mass is 310 g/mol. The van der Waals surface area contributed by atoms with Crippen LogP contribution in [0.15, 0.2) is 55.1 Å². The summed E-state index contributed by atoms with van der Waals surface area (Å²) in [6.45, 7) is 3.66. The highest BCUT2D eigenvalue weighted by molar-refractivity contribution is 6.07. The van der Waals surface area contributed by atoms with Crippen LogP contribution in [0.5, 0.6) is 17.2 Å². The van der Waals surface area contributed by atoms with E-state index in [2.05, 4.69) is 6.58 Å². The Kier molecular flexibility index (Phi) is 5.20. The lowest BCUT2D eigenvalue weighted by Crippen LogP contribution is -1.95. The number of benzene rings is 2. The Morgan fingerprint density at radius 3 is 2.52 bits per heavy atom. The van der Waals surface area contributed by atoms with Gasteiger partial charge in [0, 0.05) is 17.2 Å². The molecule has 4 nitrogen and oxygen atoms in total. The molecule has 118 valence electrons. The minimum atomic E-state index is -0.189. The van der Waals surface area contributed by atoms with Crippen LogP contribution in [0.3, 0.4) is 0 Å². The summed E-state index contributed by atoms with van der Waals surface area (Å²) in [6.07, 6.45) is 5.28. The zero-order valence-electron chi connectivity index (χ0n) is 12.8. The molecule has 23 heavy (non-hydrogen) atoms. The van der Waals surface area contributed by atoms with Crippen molar-refractivity contribution in [3.8, 4) is 17.2 Å². The van der Waals surface area contributed by atoms with E-state index in [1.165, 1.54) is 31.4 Å². The molecule has 2 aromatic rings. The van der Waals surface area contributed by atoms with Crippen molar-refractivity contribution >= 4 is 11.9 Å². The average molecular weight is 310 g/mol. The molecule has 0 radical (unpaired) electrons. The molecule has 0 aliphatic carbocycles. The van der Waals surface area contributed by atoms with Crippen LogP contribution >= 0.6 is 0 Å². The van der Waals surface area contributed by atoms with Gasteiger partial charge in [0.15, 0.2) is 5.78 Å². The smallest absolute Gasteiger partial charge is 0.185 e. The molecular weight excluding hydrogens is 292 g/mol. The number of hydrogen-bond donors (Lipinski definition) is 2. The van der Waals surface area contributed by atoms with Gasteiger partial charge in [-0.1, -0.05) is 6.08 Å². The molecule has 0 amide bonds. The van der Waals surface area contributed by atoms with Crippen molar-refractivity contribution in [2.24, 2.45) is 0 Å². The van der Waals surface area contributed by atoms with E-state index in [-0.39, 0.29) is 17.3 Å². The summed E-state index contributed by atoms with van der Waals surface area (Å²) in [4.78, 5) is 12.1. The number of carbonyl (C=O) groups excluding carboxylic acids is 1. The Bertz CT molecular complexity index is 743. The minimum Gasteiger partial charge on any atom is -0.508 e. The largest absolute Gasteiger partial charge is 0.508 e. The van der Waals surface area contributed by atoms with E-state index in [9.17, 15) is 15.0 Å². The molecule has 0 unspecified atom stereocenters. The second-order valence-electron chi connectivity index (χ2n) is 4.96. The van der Waals surface area contributed by atoms with Crippen molar-refractivity contribution < 1.29 is 19.7 Å². The first-order valence-electron chi connectivity index (χ1n) is 7.07. The number of rotatable bonds is 6. The number of methoxy groups -OCH3 is 1. The van der Waals surface area contributed by atoms with Gasteiger partial charge >= 0.3 is 0 Å². The van der Waals surface area contributed by atoms with Crippen LogP contribution in [0.1, 0.15) is 21.5 Å². The van der Waals surface area contributed by atoms with Crippen LogP contribution in [0.4, 0.5) is 0 Å². The van der Waals surface area contributed by atoms with Crippen LogP contribution in [-0.2, 0) is 6.42 Å². The summed E-state index contributed by atoms with van der Waals surface area (Å²) in [5, 5.41) is 19.2. The Balaban J connectivity index is 2.30. The standard InChI is InChI=1S/C19H18O4/c1-3-4-14-11-15(19(23-2)12-18(14)22)7-10-17(21)13-5-8-16(20)9-6-13/h3,5-12,20,22H,1,4H2,2H3/b10-7+. The van der Waals surface area contributed by atoms with Crippen LogP contribution in [0.2, 0.25) is 0 Å². The lowest BCUT2D eigenvalue weighted by molar-refractivity contribution is 0.104. The van der Waals surface area contributed by atoms with Crippen molar-refractivity contribution in [3.63, 3.8) is 0 Å². The van der Waals surface area contributed by atoms with Gasteiger partial charge in [-0.2, -0.15) is 0 Å². The fourth-order valence-corrected chi connectivity index (χ4v) is 2.15. The molecule has 0 saturated heterocycles. The fraction of sp³-hybridized carbons (Fsp3) is 0.105. The first kappa shape index (κ1) is 16.4. The molecule has 0 aromatic heterocycles. The van der Waals surface area contributed by atoms with Gasteiger partial charge < -0.3 is 14.9 Å². The van der Waals surface area contributed by atoms with E-state index in [0.717, 1.165) is 0 Å². The number of phenolic OH excluding ortho intramolecular Hbond substituents is 2. The summed E-state index contributed by atoms with van der Waals surface area (Å²) in [5.74, 6) is 0.527. The average Bonchev–Trinajstić information content (AvgIpc) is 2.55. The van der Waals surface area contributed by atoms with Crippen LogP contribution in [0, 0.1) is 0 Å². The van der Waals surface area contributed by atoms with E-state index < -0.39 is 0 Å². The minimum absolute atomic E-state index is 0.111. The number of ketones is 1. The molecule has 0 atom stereocenters. The Hall–Kier alpha value is -3.01. The predicted octanol–water partition coefficient (Wildman–Crippen LogP) is 3.73. The van der Waals surface area contributed by atoms with E-state index in [1.807, 2.05) is 0 Å². The van der Waals surface area contributed by atoms with E-state index in [4.69, 9.17) is 4.74 Å². The van der Waals surface area contributed by atoms with Gasteiger partial charge in [-0.25, -0.2) is 0 Å². The van der Waals surface area contributed by atoms with Gasteiger partial charge in [0.05, 0.1) is 7.11 Å². The molecule has 0 heterocycles. The summed E-state index contributed by atoms with van der Waals surface area (Å²) >= 11 is 0. The van der Waals surface area contributed by atoms with Crippen molar-refractivity contribution in [2.45, 2.75) is 6.42 Å². The normalized spacial score (nSPS) is 10.7. The van der Waals surface area contributed by atoms with Gasteiger partial charge in [0.2, 0.25) is 0 Å². The molecule has 0 spiro atoms. The molecule has 0 saturated carbocycles. The van der Waals surface area contributed by atoms with Gasteiger partial charge in [-0.05, 0) is 54.5 Å². The first-order valence-corrected chi connectivity index (χ1v) is 7.07. The number of phenols is 2. The molecule has 2 N–H and O–H groups in total. The lowest BCUT2D eigenvalue weighted by Gasteiger charge is -2.09. The quantitative estimate of drug-likeness (QED) is 0.485. The van der Waals surface area contributed by atoms with Crippen LogP contribution in [-0.4, -0.2) is 23.1 Å². The number of carbonyl (C=O) groups is 1. The van der Waals surface area contributed by atoms with E-state index >= 15 is 0 Å². The van der Waals surface area contributed by atoms with Crippen molar-refractivity contribution in [3.05, 3.63) is 71.8 Å². The topological polar surface area (TPSA) is 66.8 Å². The summed E-state index contributed by atoms with van der Waals surface area (Å²) in [7, 11) is 1.50. The number of aromatic hydroxyl groups is 2. The van der Waals surface area contributed by atoms with Crippen LogP contribution < -0.4 is 4.74 Å². The second kappa shape index (κ2) is 7.31. The Morgan fingerprint density at radius 1 is 1.22 bits per heavy atom. The van der Waals surface area contributed by atoms with Crippen LogP contribution in [0.25, 0.3) is 6.08 Å². The highest BCUT2D eigenvalue weighted by Crippen LogP contribution is 2.29. The Labute approximate surface area is 135 Å². The Morgan fingerprint density at radius 2 is 1.91 bits per heavy atom. The maximum atomic E-state index is 12.1. The first-order chi connectivity index (χ1) is 11.0. The number of ether oxygens (including phenoxy) is 1. The molecular formula is C19H18O4. The van der Waals surface area contributed by atoms with E-state index in [1.54, 1.807) is 30.4 Å². The molecule has 4 heteroatoms. The number of allylic oxidation sites excluding steroid dienone is 2. The predicted molar refractivity (Wildman–Crippen MR) is 90.0 cm³/mol. The van der Waals surface area contributed by atoms with Crippen molar-refractivity contribution in [2.75, 3.05) is 7.11 Å². The van der Waals surface area contributed by atoms with Gasteiger partial charge in [0.1, 0.15) is 17.2 Å². The van der Waals surface area contributed by atoms with Gasteiger partial charge in [-0.3, -0.25) is 4.79 Å². The highest BCUT2D eigenvalue weighted by Gasteiger charge is 2.08. The van der Waals surface area contributed by atoms with Gasteiger partial charge in [-0.15, -0.1) is 6.58 Å². The third kappa shape index (κ3) is 4.01. The molecule has 0 bridgehead atoms. The molecule has 0 fully saturated rings. The summed E-state index contributed by atoms with van der Waals surface area (Å²) in [6, 6.07) is 9.31. The maximum Gasteiger partial charge on any atom is 0.185 e.